The Hall–Kier alpha value is -2.63. The van der Waals surface area contributed by atoms with Gasteiger partial charge in [0.25, 0.3) is 0 Å². The highest BCUT2D eigenvalue weighted by Crippen LogP contribution is 2.37. The molecule has 1 aliphatic rings. The number of hydrogen-bond donors (Lipinski definition) is 0. The van der Waals surface area contributed by atoms with Crippen LogP contribution in [0.3, 0.4) is 0 Å². The van der Waals surface area contributed by atoms with Crippen LogP contribution >= 0.6 is 23.2 Å². The number of pyridine rings is 1. The maximum Gasteiger partial charge on any atom is 0.240 e. The van der Waals surface area contributed by atoms with Crippen LogP contribution in [-0.2, 0) is 4.79 Å². The van der Waals surface area contributed by atoms with Crippen molar-refractivity contribution in [2.75, 3.05) is 7.11 Å². The second-order valence-corrected chi connectivity index (χ2v) is 7.36. The number of ether oxygens (including phenoxy) is 1. The van der Waals surface area contributed by atoms with Crippen molar-refractivity contribution in [3.05, 3.63) is 69.8 Å². The fourth-order valence-electron chi connectivity index (χ4n) is 3.37. The van der Waals surface area contributed by atoms with Gasteiger partial charge in [-0.1, -0.05) is 35.3 Å². The van der Waals surface area contributed by atoms with E-state index in [-0.39, 0.29) is 11.9 Å². The first kappa shape index (κ1) is 18.7. The van der Waals surface area contributed by atoms with Gasteiger partial charge < -0.3 is 4.74 Å². The molecule has 2 heterocycles. The highest BCUT2D eigenvalue weighted by Gasteiger charge is 2.33. The number of nitrogens with zero attached hydrogens (tertiary/aromatic N) is 3. The number of rotatable bonds is 3. The third kappa shape index (κ3) is 3.43. The van der Waals surface area contributed by atoms with E-state index in [1.165, 1.54) is 11.9 Å². The first-order chi connectivity index (χ1) is 13.5. The van der Waals surface area contributed by atoms with Gasteiger partial charge in [0, 0.05) is 29.3 Å². The molecule has 1 atom stereocenters. The number of methoxy groups -OCH3 is 1. The van der Waals surface area contributed by atoms with Crippen molar-refractivity contribution in [1.82, 2.24) is 9.99 Å². The van der Waals surface area contributed by atoms with Crippen molar-refractivity contribution in [3.8, 4) is 5.75 Å². The summed E-state index contributed by atoms with van der Waals surface area (Å²) in [5.41, 5.74) is 3.24. The minimum Gasteiger partial charge on any atom is -0.497 e. The number of hydrogen-bond acceptors (Lipinski definition) is 4. The highest BCUT2D eigenvalue weighted by molar-refractivity contribution is 6.31. The summed E-state index contributed by atoms with van der Waals surface area (Å²) < 4.78 is 5.30. The Bertz CT molecular complexity index is 1100. The van der Waals surface area contributed by atoms with Crippen LogP contribution in [0.2, 0.25) is 10.2 Å². The molecule has 3 aromatic rings. The van der Waals surface area contributed by atoms with E-state index >= 15 is 0 Å². The van der Waals surface area contributed by atoms with Crippen molar-refractivity contribution >= 4 is 45.7 Å². The molecule has 0 aliphatic carbocycles. The monoisotopic (exact) mass is 413 g/mol. The molecule has 5 nitrogen and oxygen atoms in total. The van der Waals surface area contributed by atoms with E-state index in [1.54, 1.807) is 7.11 Å². The fraction of sp³-hybridized carbons (Fsp3) is 0.190. The first-order valence-electron chi connectivity index (χ1n) is 8.73. The van der Waals surface area contributed by atoms with E-state index in [9.17, 15) is 4.79 Å². The Balaban J connectivity index is 1.76. The molecule has 0 bridgehead atoms. The van der Waals surface area contributed by atoms with Crippen molar-refractivity contribution in [2.24, 2.45) is 5.10 Å². The molecule has 0 saturated carbocycles. The maximum atomic E-state index is 12.3. The zero-order valence-electron chi connectivity index (χ0n) is 15.3. The lowest BCUT2D eigenvalue weighted by Gasteiger charge is -2.21. The van der Waals surface area contributed by atoms with Gasteiger partial charge in [0.2, 0.25) is 5.91 Å². The predicted octanol–water partition coefficient (Wildman–Crippen LogP) is 5.25. The SMILES string of the molecule is COc1ccc2nc(Cl)c(C3CC(c4ccc(Cl)cc4)=NN3C(C)=O)cc2c1. The Kier molecular flexibility index (Phi) is 4.96. The number of amides is 1. The van der Waals surface area contributed by atoms with Crippen molar-refractivity contribution in [3.63, 3.8) is 0 Å². The lowest BCUT2D eigenvalue weighted by molar-refractivity contribution is -0.130. The smallest absolute Gasteiger partial charge is 0.240 e. The van der Waals surface area contributed by atoms with E-state index in [0.29, 0.717) is 16.6 Å². The van der Waals surface area contributed by atoms with Gasteiger partial charge in [-0.25, -0.2) is 9.99 Å². The van der Waals surface area contributed by atoms with Crippen molar-refractivity contribution < 1.29 is 9.53 Å². The van der Waals surface area contributed by atoms with Crippen LogP contribution in [0.5, 0.6) is 5.75 Å². The maximum absolute atomic E-state index is 12.3. The molecule has 1 unspecified atom stereocenters. The van der Waals surface area contributed by atoms with Crippen LogP contribution in [-0.4, -0.2) is 28.7 Å². The molecule has 0 fully saturated rings. The van der Waals surface area contributed by atoms with E-state index in [4.69, 9.17) is 27.9 Å². The second kappa shape index (κ2) is 7.41. The Morgan fingerprint density at radius 3 is 2.57 bits per heavy atom. The summed E-state index contributed by atoms with van der Waals surface area (Å²) in [6.07, 6.45) is 0.540. The minimum absolute atomic E-state index is 0.157. The fourth-order valence-corrected chi connectivity index (χ4v) is 3.77. The summed E-state index contributed by atoms with van der Waals surface area (Å²) in [6.45, 7) is 1.49. The third-order valence-electron chi connectivity index (χ3n) is 4.77. The Morgan fingerprint density at radius 1 is 1.14 bits per heavy atom. The first-order valence-corrected chi connectivity index (χ1v) is 9.49. The number of carbonyl (C=O) groups is 1. The van der Waals surface area contributed by atoms with Gasteiger partial charge >= 0.3 is 0 Å². The number of hydrazone groups is 1. The van der Waals surface area contributed by atoms with Crippen LogP contribution < -0.4 is 4.74 Å². The molecule has 7 heteroatoms. The molecule has 4 rings (SSSR count). The molecule has 1 amide bonds. The largest absolute Gasteiger partial charge is 0.497 e. The summed E-state index contributed by atoms with van der Waals surface area (Å²) in [4.78, 5) is 16.8. The highest BCUT2D eigenvalue weighted by atomic mass is 35.5. The molecule has 0 radical (unpaired) electrons. The van der Waals surface area contributed by atoms with E-state index in [2.05, 4.69) is 10.1 Å². The minimum atomic E-state index is -0.321. The molecular weight excluding hydrogens is 397 g/mol. The van der Waals surface area contributed by atoms with Crippen LogP contribution in [0.1, 0.15) is 30.5 Å². The summed E-state index contributed by atoms with van der Waals surface area (Å²) >= 11 is 12.5. The number of fused-ring (bicyclic) bond motifs is 1. The van der Waals surface area contributed by atoms with Gasteiger partial charge in [-0.3, -0.25) is 4.79 Å². The lowest BCUT2D eigenvalue weighted by Crippen LogP contribution is -2.24. The predicted molar refractivity (Wildman–Crippen MR) is 111 cm³/mol. The molecule has 28 heavy (non-hydrogen) atoms. The normalized spacial score (nSPS) is 16.4. The summed E-state index contributed by atoms with van der Waals surface area (Å²) in [5, 5.41) is 7.92. The second-order valence-electron chi connectivity index (χ2n) is 6.56. The van der Waals surface area contributed by atoms with Crippen molar-refractivity contribution in [2.45, 2.75) is 19.4 Å². The molecule has 2 aromatic carbocycles. The van der Waals surface area contributed by atoms with Gasteiger partial charge in [-0.15, -0.1) is 0 Å². The summed E-state index contributed by atoms with van der Waals surface area (Å²) in [6, 6.07) is 14.6. The molecule has 1 aromatic heterocycles. The molecule has 142 valence electrons. The number of aromatic nitrogens is 1. The quantitative estimate of drug-likeness (QED) is 0.551. The van der Waals surface area contributed by atoms with Gasteiger partial charge in [-0.05, 0) is 42.0 Å². The number of halogens is 2. The molecule has 0 spiro atoms. The van der Waals surface area contributed by atoms with Crippen LogP contribution in [0.15, 0.2) is 53.6 Å². The average Bonchev–Trinajstić information content (AvgIpc) is 3.13. The van der Waals surface area contributed by atoms with Crippen LogP contribution in [0.25, 0.3) is 10.9 Å². The van der Waals surface area contributed by atoms with Gasteiger partial charge in [0.15, 0.2) is 0 Å². The standard InChI is InChI=1S/C21H17Cl2N3O2/c1-12(27)26-20(11-19(25-26)13-3-5-15(22)6-4-13)17-10-14-9-16(28-2)7-8-18(14)24-21(17)23/h3-10,20H,11H2,1-2H3. The molecule has 0 saturated heterocycles. The molecule has 1 aliphatic heterocycles. The lowest BCUT2D eigenvalue weighted by atomic mass is 9.98. The number of carbonyl (C=O) groups excluding carboxylic acids is 1. The molecular formula is C21H17Cl2N3O2. The van der Waals surface area contributed by atoms with Crippen LogP contribution in [0, 0.1) is 0 Å². The van der Waals surface area contributed by atoms with Gasteiger partial charge in [-0.2, -0.15) is 5.10 Å². The van der Waals surface area contributed by atoms with E-state index in [0.717, 1.165) is 33.5 Å². The third-order valence-corrected chi connectivity index (χ3v) is 5.33. The Morgan fingerprint density at radius 2 is 1.89 bits per heavy atom. The van der Waals surface area contributed by atoms with E-state index < -0.39 is 0 Å². The summed E-state index contributed by atoms with van der Waals surface area (Å²) in [5.74, 6) is 0.575. The zero-order valence-corrected chi connectivity index (χ0v) is 16.8. The van der Waals surface area contributed by atoms with E-state index in [1.807, 2.05) is 48.5 Å². The molecule has 0 N–H and O–H groups in total. The average molecular weight is 414 g/mol. The zero-order chi connectivity index (χ0) is 19.8. The van der Waals surface area contributed by atoms with Gasteiger partial charge in [0.1, 0.15) is 10.9 Å². The Labute approximate surface area is 172 Å². The summed E-state index contributed by atoms with van der Waals surface area (Å²) in [7, 11) is 1.62. The topological polar surface area (TPSA) is 54.8 Å². The van der Waals surface area contributed by atoms with Gasteiger partial charge in [0.05, 0.1) is 24.4 Å². The number of benzene rings is 2. The van der Waals surface area contributed by atoms with Crippen LogP contribution in [0.4, 0.5) is 0 Å². The van der Waals surface area contributed by atoms with Crippen molar-refractivity contribution in [1.29, 1.82) is 0 Å².